The van der Waals surface area contributed by atoms with Gasteiger partial charge in [0.2, 0.25) is 0 Å². The van der Waals surface area contributed by atoms with Crippen LogP contribution in [0.25, 0.3) is 6.08 Å². The van der Waals surface area contributed by atoms with Crippen molar-refractivity contribution >= 4 is 17.7 Å². The lowest BCUT2D eigenvalue weighted by Gasteiger charge is -2.11. The smallest absolute Gasteiger partial charge is 0.251 e. The van der Waals surface area contributed by atoms with Crippen molar-refractivity contribution in [1.82, 2.24) is 4.90 Å². The summed E-state index contributed by atoms with van der Waals surface area (Å²) in [5.41, 5.74) is 6.70. The van der Waals surface area contributed by atoms with Gasteiger partial charge in [0.1, 0.15) is 0 Å². The van der Waals surface area contributed by atoms with E-state index in [1.165, 1.54) is 22.3 Å². The van der Waals surface area contributed by atoms with Gasteiger partial charge in [0.15, 0.2) is 0 Å². The molecule has 0 aliphatic heterocycles. The molecular weight excluding hydrogens is 308 g/mol. The van der Waals surface area contributed by atoms with Crippen molar-refractivity contribution in [3.8, 4) is 0 Å². The average molecular weight is 334 g/mol. The van der Waals surface area contributed by atoms with Crippen LogP contribution in [0, 0.1) is 6.92 Å². The Morgan fingerprint density at radius 1 is 1.08 bits per heavy atom. The maximum atomic E-state index is 12.7. The van der Waals surface area contributed by atoms with Crippen LogP contribution in [0.1, 0.15) is 35.1 Å². The van der Waals surface area contributed by atoms with E-state index in [2.05, 4.69) is 53.5 Å². The fourth-order valence-electron chi connectivity index (χ4n) is 3.25. The quantitative estimate of drug-likeness (QED) is 0.898. The molecule has 1 aliphatic carbocycles. The Hall–Kier alpha value is -2.39. The molecule has 1 N–H and O–H groups in total. The zero-order valence-electron chi connectivity index (χ0n) is 15.3. The van der Waals surface area contributed by atoms with Crippen LogP contribution in [0.15, 0.2) is 48.0 Å². The summed E-state index contributed by atoms with van der Waals surface area (Å²) in [6, 6.07) is 14.6. The van der Waals surface area contributed by atoms with Gasteiger partial charge in [-0.1, -0.05) is 35.9 Å². The number of hydrogen-bond donors (Lipinski definition) is 1. The Morgan fingerprint density at radius 3 is 2.56 bits per heavy atom. The lowest BCUT2D eigenvalue weighted by atomic mass is 10.0. The van der Waals surface area contributed by atoms with Crippen molar-refractivity contribution in [2.75, 3.05) is 19.4 Å². The summed E-state index contributed by atoms with van der Waals surface area (Å²) in [5.74, 6) is 0.00900. The van der Waals surface area contributed by atoms with E-state index in [-0.39, 0.29) is 5.91 Å². The Kier molecular flexibility index (Phi) is 5.34. The Morgan fingerprint density at radius 2 is 1.84 bits per heavy atom. The molecule has 1 amide bonds. The summed E-state index contributed by atoms with van der Waals surface area (Å²) in [4.78, 5) is 14.8. The normalized spacial score (nSPS) is 13.8. The number of carbonyl (C=O) groups is 1. The minimum absolute atomic E-state index is 0.00900. The maximum absolute atomic E-state index is 12.7. The van der Waals surface area contributed by atoms with Gasteiger partial charge in [-0.2, -0.15) is 0 Å². The van der Waals surface area contributed by atoms with Gasteiger partial charge in [0.25, 0.3) is 5.91 Å². The average Bonchev–Trinajstić information content (AvgIpc) is 2.78. The van der Waals surface area contributed by atoms with Gasteiger partial charge in [-0.05, 0) is 75.2 Å². The molecule has 0 saturated heterocycles. The second kappa shape index (κ2) is 7.66. The zero-order valence-corrected chi connectivity index (χ0v) is 15.3. The number of nitrogens with one attached hydrogen (secondary N) is 1. The number of rotatable bonds is 4. The molecule has 3 nitrogen and oxygen atoms in total. The summed E-state index contributed by atoms with van der Waals surface area (Å²) >= 11 is 0. The van der Waals surface area contributed by atoms with E-state index in [4.69, 9.17) is 0 Å². The van der Waals surface area contributed by atoms with Gasteiger partial charge < -0.3 is 10.2 Å². The molecule has 0 spiro atoms. The summed E-state index contributed by atoms with van der Waals surface area (Å²) in [6.07, 6.45) is 4.92. The SMILES string of the molecule is Cc1ccc2c(c1)C=C(C(=O)Nc1ccc(CN(C)C)cc1)CCC2. The lowest BCUT2D eigenvalue weighted by Crippen LogP contribution is -2.14. The second-order valence-corrected chi connectivity index (χ2v) is 7.11. The molecule has 0 unspecified atom stereocenters. The van der Waals surface area contributed by atoms with Crippen LogP contribution in [-0.4, -0.2) is 24.9 Å². The van der Waals surface area contributed by atoms with Gasteiger partial charge in [-0.3, -0.25) is 4.79 Å². The highest BCUT2D eigenvalue weighted by atomic mass is 16.1. The summed E-state index contributed by atoms with van der Waals surface area (Å²) in [7, 11) is 4.10. The summed E-state index contributed by atoms with van der Waals surface area (Å²) in [5, 5.41) is 3.04. The summed E-state index contributed by atoms with van der Waals surface area (Å²) < 4.78 is 0. The van der Waals surface area contributed by atoms with Crippen LogP contribution in [0.2, 0.25) is 0 Å². The molecule has 0 atom stereocenters. The molecule has 0 bridgehead atoms. The number of benzene rings is 2. The molecule has 0 radical (unpaired) electrons. The highest BCUT2D eigenvalue weighted by Crippen LogP contribution is 2.25. The Bertz CT molecular complexity index is 788. The first kappa shape index (κ1) is 17.4. The summed E-state index contributed by atoms with van der Waals surface area (Å²) in [6.45, 7) is 2.99. The first-order valence-corrected chi connectivity index (χ1v) is 8.86. The van der Waals surface area contributed by atoms with E-state index >= 15 is 0 Å². The van der Waals surface area contributed by atoms with Crippen LogP contribution in [0.4, 0.5) is 5.69 Å². The molecule has 2 aromatic rings. The molecule has 25 heavy (non-hydrogen) atoms. The third-order valence-corrected chi connectivity index (χ3v) is 4.53. The van der Waals surface area contributed by atoms with Gasteiger partial charge in [-0.25, -0.2) is 0 Å². The van der Waals surface area contributed by atoms with Gasteiger partial charge in [0, 0.05) is 17.8 Å². The van der Waals surface area contributed by atoms with Crippen molar-refractivity contribution in [1.29, 1.82) is 0 Å². The fraction of sp³-hybridized carbons (Fsp3) is 0.318. The first-order chi connectivity index (χ1) is 12.0. The number of aryl methyl sites for hydroxylation is 2. The molecule has 3 heteroatoms. The van der Waals surface area contributed by atoms with E-state index in [1.54, 1.807) is 0 Å². The van der Waals surface area contributed by atoms with Gasteiger partial charge >= 0.3 is 0 Å². The number of anilines is 1. The molecule has 0 aromatic heterocycles. The van der Waals surface area contributed by atoms with Gasteiger partial charge in [0.05, 0.1) is 0 Å². The van der Waals surface area contributed by atoms with Crippen molar-refractivity contribution in [2.24, 2.45) is 0 Å². The van der Waals surface area contributed by atoms with E-state index < -0.39 is 0 Å². The molecule has 1 aliphatic rings. The van der Waals surface area contributed by atoms with Crippen LogP contribution < -0.4 is 5.32 Å². The molecule has 0 saturated carbocycles. The minimum atomic E-state index is 0.00900. The minimum Gasteiger partial charge on any atom is -0.322 e. The van der Waals surface area contributed by atoms with Crippen LogP contribution in [-0.2, 0) is 17.8 Å². The highest BCUT2D eigenvalue weighted by Gasteiger charge is 2.15. The molecule has 3 rings (SSSR count). The highest BCUT2D eigenvalue weighted by molar-refractivity contribution is 6.06. The van der Waals surface area contributed by atoms with E-state index in [1.807, 2.05) is 26.2 Å². The fourth-order valence-corrected chi connectivity index (χ4v) is 3.25. The number of nitrogens with zero attached hydrogens (tertiary/aromatic N) is 1. The molecule has 0 fully saturated rings. The third-order valence-electron chi connectivity index (χ3n) is 4.53. The van der Waals surface area contributed by atoms with Gasteiger partial charge in [-0.15, -0.1) is 0 Å². The van der Waals surface area contributed by atoms with Crippen molar-refractivity contribution in [3.63, 3.8) is 0 Å². The first-order valence-electron chi connectivity index (χ1n) is 8.86. The molecular formula is C22H26N2O. The number of amides is 1. The molecule has 2 aromatic carbocycles. The topological polar surface area (TPSA) is 32.3 Å². The number of fused-ring (bicyclic) bond motifs is 1. The predicted octanol–water partition coefficient (Wildman–Crippen LogP) is 4.42. The molecule has 130 valence electrons. The van der Waals surface area contributed by atoms with Crippen molar-refractivity contribution in [3.05, 3.63) is 70.3 Å². The van der Waals surface area contributed by atoms with E-state index in [9.17, 15) is 4.79 Å². The van der Waals surface area contributed by atoms with Crippen LogP contribution in [0.3, 0.4) is 0 Å². The number of carbonyl (C=O) groups excluding carboxylic acids is 1. The lowest BCUT2D eigenvalue weighted by molar-refractivity contribution is -0.112. The van der Waals surface area contributed by atoms with E-state index in [0.29, 0.717) is 0 Å². The van der Waals surface area contributed by atoms with Crippen molar-refractivity contribution in [2.45, 2.75) is 32.7 Å². The number of hydrogen-bond acceptors (Lipinski definition) is 2. The molecule has 0 heterocycles. The van der Waals surface area contributed by atoms with Crippen molar-refractivity contribution < 1.29 is 4.79 Å². The second-order valence-electron chi connectivity index (χ2n) is 7.11. The predicted molar refractivity (Wildman–Crippen MR) is 105 cm³/mol. The van der Waals surface area contributed by atoms with E-state index in [0.717, 1.165) is 37.1 Å². The third kappa shape index (κ3) is 4.58. The zero-order chi connectivity index (χ0) is 17.8. The Labute approximate surface area is 150 Å². The van der Waals surface area contributed by atoms with Crippen LogP contribution >= 0.6 is 0 Å². The largest absolute Gasteiger partial charge is 0.322 e. The monoisotopic (exact) mass is 334 g/mol. The van der Waals surface area contributed by atoms with Crippen LogP contribution in [0.5, 0.6) is 0 Å². The standard InChI is InChI=1S/C22H26N2O/c1-16-7-10-18-5-4-6-19(14-20(18)13-16)22(25)23-21-11-8-17(9-12-21)15-24(2)3/h7-14H,4-6,15H2,1-3H3,(H,23,25). The Balaban J connectivity index is 1.74. The maximum Gasteiger partial charge on any atom is 0.251 e.